The van der Waals surface area contributed by atoms with Crippen LogP contribution in [0.15, 0.2) is 6.20 Å². The summed E-state index contributed by atoms with van der Waals surface area (Å²) in [4.78, 5) is 9.42. The number of hydrogen-bond acceptors (Lipinski definition) is 5. The van der Waals surface area contributed by atoms with Crippen molar-refractivity contribution in [3.63, 3.8) is 0 Å². The lowest BCUT2D eigenvalue weighted by Gasteiger charge is -1.82. The lowest BCUT2D eigenvalue weighted by Crippen LogP contribution is -1.89. The Kier molecular flexibility index (Phi) is 1.31. The van der Waals surface area contributed by atoms with E-state index in [0.717, 1.165) is 17.7 Å². The van der Waals surface area contributed by atoms with E-state index in [2.05, 4.69) is 4.37 Å². The van der Waals surface area contributed by atoms with Crippen molar-refractivity contribution in [1.29, 1.82) is 0 Å². The molecule has 0 amide bonds. The molecule has 2 N–H and O–H groups in total. The van der Waals surface area contributed by atoms with E-state index in [0.29, 0.717) is 0 Å². The van der Waals surface area contributed by atoms with Crippen molar-refractivity contribution in [3.8, 4) is 0 Å². The first kappa shape index (κ1) is 5.96. The molecule has 0 atom stereocenters. The van der Waals surface area contributed by atoms with E-state index >= 15 is 0 Å². The Hall–Kier alpha value is -1.17. The lowest BCUT2D eigenvalue weighted by atomic mass is 10.6. The van der Waals surface area contributed by atoms with E-state index in [4.69, 9.17) is 5.73 Å². The highest BCUT2D eigenvalue weighted by Crippen LogP contribution is 2.23. The maximum atomic E-state index is 9.98. The van der Waals surface area contributed by atoms with Gasteiger partial charge in [0, 0.05) is 0 Å². The minimum atomic E-state index is -0.557. The van der Waals surface area contributed by atoms with Crippen LogP contribution < -0.4 is 5.73 Å². The Balaban J connectivity index is 3.08. The van der Waals surface area contributed by atoms with Crippen molar-refractivity contribution in [2.75, 3.05) is 5.73 Å². The molecule has 0 unspecified atom stereocenters. The van der Waals surface area contributed by atoms with Crippen molar-refractivity contribution >= 4 is 22.2 Å². The molecule has 48 valence electrons. The molecule has 1 aromatic heterocycles. The van der Waals surface area contributed by atoms with Gasteiger partial charge in [0.05, 0.1) is 4.92 Å². The van der Waals surface area contributed by atoms with Crippen LogP contribution in [0.25, 0.3) is 0 Å². The van der Waals surface area contributed by atoms with Gasteiger partial charge in [-0.15, -0.1) is 0 Å². The van der Waals surface area contributed by atoms with Gasteiger partial charge in [-0.25, -0.2) is 0 Å². The number of nitrogen functional groups attached to an aromatic ring is 1. The third-order valence-corrected chi connectivity index (χ3v) is 1.39. The van der Waals surface area contributed by atoms with E-state index in [1.54, 1.807) is 0 Å². The van der Waals surface area contributed by atoms with E-state index in [1.165, 1.54) is 0 Å². The van der Waals surface area contributed by atoms with E-state index in [9.17, 15) is 10.1 Å². The molecule has 0 aliphatic heterocycles. The van der Waals surface area contributed by atoms with Crippen LogP contribution in [0.5, 0.6) is 0 Å². The van der Waals surface area contributed by atoms with Crippen LogP contribution in [-0.4, -0.2) is 9.30 Å². The number of aromatic nitrogens is 1. The fraction of sp³-hybridized carbons (Fsp3) is 0. The first-order valence-corrected chi connectivity index (χ1v) is 2.83. The zero-order valence-corrected chi connectivity index (χ0v) is 5.09. The number of nitrogens with two attached hydrogens (primary N) is 1. The number of nitrogens with zero attached hydrogens (tertiary/aromatic N) is 2. The van der Waals surface area contributed by atoms with Gasteiger partial charge >= 0.3 is 5.69 Å². The van der Waals surface area contributed by atoms with Crippen molar-refractivity contribution in [3.05, 3.63) is 16.3 Å². The van der Waals surface area contributed by atoms with Gasteiger partial charge in [0.2, 0.25) is 0 Å². The Morgan fingerprint density at radius 2 is 2.56 bits per heavy atom. The summed E-state index contributed by atoms with van der Waals surface area (Å²) in [5, 5.41) is 10.1. The minimum Gasteiger partial charge on any atom is -0.384 e. The molecule has 6 heteroatoms. The Morgan fingerprint density at radius 1 is 1.89 bits per heavy atom. The first-order chi connectivity index (χ1) is 4.22. The SMILES string of the molecule is Nc1sncc1[N+](=O)[O-]. The molecule has 0 fully saturated rings. The predicted octanol–water partition coefficient (Wildman–Crippen LogP) is 0.633. The second-order valence-electron chi connectivity index (χ2n) is 1.33. The topological polar surface area (TPSA) is 82.0 Å². The Morgan fingerprint density at radius 3 is 2.78 bits per heavy atom. The molecule has 1 heterocycles. The molecule has 1 rings (SSSR count). The highest BCUT2D eigenvalue weighted by Gasteiger charge is 2.11. The molecule has 0 saturated heterocycles. The summed E-state index contributed by atoms with van der Waals surface area (Å²) >= 11 is 0.919. The second kappa shape index (κ2) is 1.98. The third-order valence-electron chi connectivity index (χ3n) is 0.775. The zero-order valence-electron chi connectivity index (χ0n) is 4.27. The molecule has 0 saturated carbocycles. The van der Waals surface area contributed by atoms with Crippen molar-refractivity contribution in [2.45, 2.75) is 0 Å². The highest BCUT2D eigenvalue weighted by atomic mass is 32.1. The summed E-state index contributed by atoms with van der Waals surface area (Å²) in [5.41, 5.74) is 5.04. The molecule has 0 spiro atoms. The molecule has 0 radical (unpaired) electrons. The quantitative estimate of drug-likeness (QED) is 0.464. The fourth-order valence-electron chi connectivity index (χ4n) is 0.381. The summed E-state index contributed by atoms with van der Waals surface area (Å²) in [5.74, 6) is 0. The molecule has 0 aliphatic carbocycles. The maximum absolute atomic E-state index is 9.98. The number of anilines is 1. The highest BCUT2D eigenvalue weighted by molar-refractivity contribution is 7.10. The van der Waals surface area contributed by atoms with Crippen LogP contribution in [0.2, 0.25) is 0 Å². The normalized spacial score (nSPS) is 9.33. The summed E-state index contributed by atoms with van der Waals surface area (Å²) in [6, 6.07) is 0. The van der Waals surface area contributed by atoms with Gasteiger partial charge < -0.3 is 5.73 Å². The predicted molar refractivity (Wildman–Crippen MR) is 33.2 cm³/mol. The van der Waals surface area contributed by atoms with Crippen LogP contribution in [0.1, 0.15) is 0 Å². The van der Waals surface area contributed by atoms with Gasteiger partial charge in [-0.3, -0.25) is 10.1 Å². The van der Waals surface area contributed by atoms with E-state index in [1.807, 2.05) is 0 Å². The van der Waals surface area contributed by atoms with E-state index in [-0.39, 0.29) is 10.7 Å². The van der Waals surface area contributed by atoms with Crippen LogP contribution in [0.4, 0.5) is 10.7 Å². The average molecular weight is 145 g/mol. The van der Waals surface area contributed by atoms with Gasteiger partial charge in [-0.05, 0) is 11.5 Å². The van der Waals surface area contributed by atoms with E-state index < -0.39 is 4.92 Å². The molecule has 5 nitrogen and oxygen atoms in total. The minimum absolute atomic E-state index is 0.111. The summed E-state index contributed by atoms with van der Waals surface area (Å²) in [7, 11) is 0. The zero-order chi connectivity index (χ0) is 6.85. The standard InChI is InChI=1S/C3H3N3O2S/c4-3-2(6(7)8)1-5-9-3/h1H,4H2. The molecule has 0 aromatic carbocycles. The summed E-state index contributed by atoms with van der Waals surface area (Å²) in [6.45, 7) is 0. The maximum Gasteiger partial charge on any atom is 0.323 e. The van der Waals surface area contributed by atoms with Crippen LogP contribution in [-0.2, 0) is 0 Å². The molecular weight excluding hydrogens is 142 g/mol. The third kappa shape index (κ3) is 0.968. The second-order valence-corrected chi connectivity index (χ2v) is 2.17. The van der Waals surface area contributed by atoms with Gasteiger partial charge in [-0.1, -0.05) is 0 Å². The number of hydrogen-bond donors (Lipinski definition) is 1. The molecular formula is C3H3N3O2S. The van der Waals surface area contributed by atoms with Crippen LogP contribution in [0, 0.1) is 10.1 Å². The molecule has 9 heavy (non-hydrogen) atoms. The first-order valence-electron chi connectivity index (χ1n) is 2.06. The largest absolute Gasteiger partial charge is 0.384 e. The van der Waals surface area contributed by atoms with Gasteiger partial charge in [-0.2, -0.15) is 4.37 Å². The summed E-state index contributed by atoms with van der Waals surface area (Å²) < 4.78 is 3.52. The molecule has 1 aromatic rings. The lowest BCUT2D eigenvalue weighted by molar-refractivity contribution is -0.383. The average Bonchev–Trinajstić information content (AvgIpc) is 2.13. The van der Waals surface area contributed by atoms with Crippen LogP contribution >= 0.6 is 11.5 Å². The van der Waals surface area contributed by atoms with Gasteiger partial charge in [0.1, 0.15) is 6.20 Å². The molecule has 0 bridgehead atoms. The smallest absolute Gasteiger partial charge is 0.323 e. The van der Waals surface area contributed by atoms with Gasteiger partial charge in [0.15, 0.2) is 5.00 Å². The van der Waals surface area contributed by atoms with Crippen molar-refractivity contribution in [1.82, 2.24) is 4.37 Å². The monoisotopic (exact) mass is 145 g/mol. The van der Waals surface area contributed by atoms with Crippen molar-refractivity contribution < 1.29 is 4.92 Å². The van der Waals surface area contributed by atoms with Crippen LogP contribution in [0.3, 0.4) is 0 Å². The van der Waals surface area contributed by atoms with Gasteiger partial charge in [0.25, 0.3) is 0 Å². The number of rotatable bonds is 1. The fourth-order valence-corrected chi connectivity index (χ4v) is 0.867. The Labute approximate surface area is 54.4 Å². The number of nitro groups is 1. The summed E-state index contributed by atoms with van der Waals surface area (Å²) in [6.07, 6.45) is 1.14. The molecule has 0 aliphatic rings. The van der Waals surface area contributed by atoms with Crippen molar-refractivity contribution in [2.24, 2.45) is 0 Å². The Bertz CT molecular complexity index is 233.